The second-order valence-electron chi connectivity index (χ2n) is 7.64. The fourth-order valence-electron chi connectivity index (χ4n) is 4.18. The highest BCUT2D eigenvalue weighted by Gasteiger charge is 2.37. The number of carbonyl (C=O) groups is 2. The Balaban J connectivity index is 1.53. The van der Waals surface area contributed by atoms with E-state index in [-0.39, 0.29) is 23.7 Å². The van der Waals surface area contributed by atoms with Crippen LogP contribution in [-0.2, 0) is 0 Å². The maximum Gasteiger partial charge on any atom is 0.316 e. The van der Waals surface area contributed by atoms with Gasteiger partial charge in [0.1, 0.15) is 11.4 Å². The van der Waals surface area contributed by atoms with Crippen molar-refractivity contribution >= 4 is 29.3 Å². The van der Waals surface area contributed by atoms with Crippen molar-refractivity contribution in [3.8, 4) is 11.4 Å². The van der Waals surface area contributed by atoms with Crippen molar-refractivity contribution in [2.75, 3.05) is 42.3 Å². The molecule has 1 saturated heterocycles. The lowest BCUT2D eigenvalue weighted by Gasteiger charge is -2.27. The van der Waals surface area contributed by atoms with Gasteiger partial charge in [-0.3, -0.25) is 9.59 Å². The summed E-state index contributed by atoms with van der Waals surface area (Å²) in [7, 11) is 3.25. The number of amides is 2. The van der Waals surface area contributed by atoms with E-state index in [0.717, 1.165) is 19.4 Å². The van der Waals surface area contributed by atoms with Crippen LogP contribution in [0.1, 0.15) is 33.9 Å². The van der Waals surface area contributed by atoms with Gasteiger partial charge in [0.15, 0.2) is 0 Å². The van der Waals surface area contributed by atoms with E-state index in [1.54, 1.807) is 18.1 Å². The quantitative estimate of drug-likeness (QED) is 0.628. The standard InChI is InChI=1S/C21H22N8O3/c1-22-18(30)19-25-16(27-32-19)12-5-3-6-13(9-12)29-11-14-7-4-8-28(14)17-15(20(29)31)10-24-21(23-2)26-17/h3,5-6,9-10,14H,4,7-8,11H2,1-2H3,(H,22,30)(H,23,24,26)/t14-/m0/s1. The third-order valence-corrected chi connectivity index (χ3v) is 5.77. The van der Waals surface area contributed by atoms with Crippen molar-refractivity contribution in [1.82, 2.24) is 25.4 Å². The number of nitrogens with zero attached hydrogens (tertiary/aromatic N) is 6. The molecule has 11 nitrogen and oxygen atoms in total. The molecule has 0 spiro atoms. The molecule has 0 radical (unpaired) electrons. The van der Waals surface area contributed by atoms with E-state index in [9.17, 15) is 9.59 Å². The van der Waals surface area contributed by atoms with E-state index in [1.807, 2.05) is 24.3 Å². The predicted octanol–water partition coefficient (Wildman–Crippen LogP) is 1.56. The monoisotopic (exact) mass is 434 g/mol. The summed E-state index contributed by atoms with van der Waals surface area (Å²) in [6.45, 7) is 1.38. The highest BCUT2D eigenvalue weighted by molar-refractivity contribution is 6.10. The smallest absolute Gasteiger partial charge is 0.316 e. The van der Waals surface area contributed by atoms with Crippen LogP contribution in [0.25, 0.3) is 11.4 Å². The Bertz CT molecular complexity index is 1190. The van der Waals surface area contributed by atoms with Crippen LogP contribution in [0.4, 0.5) is 17.5 Å². The molecule has 0 aliphatic carbocycles. The molecule has 1 aromatic carbocycles. The molecule has 4 heterocycles. The molecule has 11 heteroatoms. The van der Waals surface area contributed by atoms with Crippen LogP contribution in [0.15, 0.2) is 35.0 Å². The van der Waals surface area contributed by atoms with E-state index >= 15 is 0 Å². The predicted molar refractivity (Wildman–Crippen MR) is 117 cm³/mol. The first-order valence-electron chi connectivity index (χ1n) is 10.4. The number of hydrogen-bond donors (Lipinski definition) is 2. The Morgan fingerprint density at radius 1 is 1.25 bits per heavy atom. The number of rotatable bonds is 4. The SMILES string of the molecule is CNC(=O)c1nc(-c2cccc(N3C[C@@H]4CCCN4c4nc(NC)ncc4C3=O)c2)no1. The van der Waals surface area contributed by atoms with Gasteiger partial charge >= 0.3 is 11.8 Å². The highest BCUT2D eigenvalue weighted by atomic mass is 16.5. The molecule has 0 unspecified atom stereocenters. The molecule has 3 aromatic rings. The van der Waals surface area contributed by atoms with Gasteiger partial charge in [0.25, 0.3) is 5.91 Å². The molecule has 2 amide bonds. The molecule has 0 bridgehead atoms. The number of benzene rings is 1. The molecule has 2 aliphatic rings. The maximum atomic E-state index is 13.5. The Morgan fingerprint density at radius 2 is 2.12 bits per heavy atom. The third kappa shape index (κ3) is 3.31. The maximum absolute atomic E-state index is 13.5. The van der Waals surface area contributed by atoms with Crippen molar-refractivity contribution in [2.24, 2.45) is 0 Å². The van der Waals surface area contributed by atoms with Gasteiger partial charge in [0, 0.05) is 50.7 Å². The minimum atomic E-state index is -0.457. The van der Waals surface area contributed by atoms with Gasteiger partial charge in [-0.25, -0.2) is 4.98 Å². The minimum Gasteiger partial charge on any atom is -0.357 e. The van der Waals surface area contributed by atoms with Gasteiger partial charge in [-0.1, -0.05) is 17.3 Å². The Kier molecular flexibility index (Phi) is 4.92. The van der Waals surface area contributed by atoms with E-state index in [4.69, 9.17) is 4.52 Å². The number of carbonyl (C=O) groups excluding carboxylic acids is 2. The lowest BCUT2D eigenvalue weighted by Crippen LogP contribution is -2.39. The second-order valence-corrected chi connectivity index (χ2v) is 7.64. The van der Waals surface area contributed by atoms with Gasteiger partial charge in [-0.15, -0.1) is 0 Å². The van der Waals surface area contributed by atoms with Crippen molar-refractivity contribution in [2.45, 2.75) is 18.9 Å². The van der Waals surface area contributed by atoms with Crippen molar-refractivity contribution in [3.05, 3.63) is 41.9 Å². The van der Waals surface area contributed by atoms with E-state index < -0.39 is 5.91 Å². The topological polar surface area (TPSA) is 129 Å². The molecule has 1 fully saturated rings. The summed E-state index contributed by atoms with van der Waals surface area (Å²) in [6.07, 6.45) is 3.60. The highest BCUT2D eigenvalue weighted by Crippen LogP contribution is 2.34. The van der Waals surface area contributed by atoms with Crippen molar-refractivity contribution in [3.63, 3.8) is 0 Å². The molecule has 164 valence electrons. The van der Waals surface area contributed by atoms with E-state index in [2.05, 4.69) is 35.6 Å². The number of hydrogen-bond acceptors (Lipinski definition) is 9. The van der Waals surface area contributed by atoms with Crippen LogP contribution < -0.4 is 20.4 Å². The Labute approximate surface area is 183 Å². The molecular formula is C21H22N8O3. The zero-order valence-electron chi connectivity index (χ0n) is 17.7. The number of nitrogens with one attached hydrogen (secondary N) is 2. The average molecular weight is 434 g/mol. The lowest BCUT2D eigenvalue weighted by atomic mass is 10.1. The van der Waals surface area contributed by atoms with Crippen LogP contribution in [0, 0.1) is 0 Å². The summed E-state index contributed by atoms with van der Waals surface area (Å²) in [5, 5.41) is 9.30. The summed E-state index contributed by atoms with van der Waals surface area (Å²) in [4.78, 5) is 42.3. The van der Waals surface area contributed by atoms with Gasteiger partial charge < -0.3 is 25.0 Å². The number of aromatic nitrogens is 4. The van der Waals surface area contributed by atoms with Crippen LogP contribution in [0.5, 0.6) is 0 Å². The first-order chi connectivity index (χ1) is 15.6. The fourth-order valence-corrected chi connectivity index (χ4v) is 4.18. The molecule has 5 rings (SSSR count). The Hall–Kier alpha value is -4.02. The van der Waals surface area contributed by atoms with Gasteiger partial charge in [-0.05, 0) is 25.0 Å². The van der Waals surface area contributed by atoms with Crippen LogP contribution >= 0.6 is 0 Å². The van der Waals surface area contributed by atoms with Crippen LogP contribution in [0.2, 0.25) is 0 Å². The summed E-state index contributed by atoms with van der Waals surface area (Å²) >= 11 is 0. The van der Waals surface area contributed by atoms with Gasteiger partial charge in [0.2, 0.25) is 11.8 Å². The van der Waals surface area contributed by atoms with E-state index in [0.29, 0.717) is 35.1 Å². The molecule has 32 heavy (non-hydrogen) atoms. The summed E-state index contributed by atoms with van der Waals surface area (Å²) in [6, 6.07) is 7.49. The van der Waals surface area contributed by atoms with Crippen LogP contribution in [0.3, 0.4) is 0 Å². The van der Waals surface area contributed by atoms with Crippen molar-refractivity contribution in [1.29, 1.82) is 0 Å². The molecule has 2 N–H and O–H groups in total. The van der Waals surface area contributed by atoms with Gasteiger partial charge in [-0.2, -0.15) is 9.97 Å². The largest absolute Gasteiger partial charge is 0.357 e. The Morgan fingerprint density at radius 3 is 2.94 bits per heavy atom. The fraction of sp³-hybridized carbons (Fsp3) is 0.333. The van der Waals surface area contributed by atoms with E-state index in [1.165, 1.54) is 7.05 Å². The van der Waals surface area contributed by atoms with Gasteiger partial charge in [0.05, 0.1) is 0 Å². The minimum absolute atomic E-state index is 0.119. The number of fused-ring (bicyclic) bond motifs is 3. The molecule has 2 aromatic heterocycles. The van der Waals surface area contributed by atoms with Crippen molar-refractivity contribution < 1.29 is 14.1 Å². The summed E-state index contributed by atoms with van der Waals surface area (Å²) < 4.78 is 5.04. The molecule has 0 saturated carbocycles. The summed E-state index contributed by atoms with van der Waals surface area (Å²) in [5.74, 6) is 0.699. The second kappa shape index (κ2) is 7.91. The average Bonchev–Trinajstić information content (AvgIpc) is 3.49. The first-order valence-corrected chi connectivity index (χ1v) is 10.4. The zero-order valence-corrected chi connectivity index (χ0v) is 17.7. The number of anilines is 3. The third-order valence-electron chi connectivity index (χ3n) is 5.77. The zero-order chi connectivity index (χ0) is 22.2. The molecular weight excluding hydrogens is 412 g/mol. The lowest BCUT2D eigenvalue weighted by molar-refractivity contribution is 0.0919. The normalized spacial score (nSPS) is 17.6. The van der Waals surface area contributed by atoms with Crippen LogP contribution in [-0.4, -0.2) is 65.1 Å². The summed E-state index contributed by atoms with van der Waals surface area (Å²) in [5.41, 5.74) is 1.82. The molecule has 2 aliphatic heterocycles. The first kappa shape index (κ1) is 19.9. The molecule has 1 atom stereocenters.